The van der Waals surface area contributed by atoms with Crippen LogP contribution in [0.1, 0.15) is 59.0 Å². The monoisotopic (exact) mass is 584 g/mol. The minimum absolute atomic E-state index is 0.0597. The van der Waals surface area contributed by atoms with Crippen molar-refractivity contribution in [3.63, 3.8) is 0 Å². The standard InChI is InChI=1S/C33H36N4O4S/c1-21(2)16-29-32(27-15-7-6-13-25(27)19-37(29)5)41-30-18-28(31-22(3)10-8-11-23(31)4)34-33(35-30)36-42(39,40)26-14-9-12-24(17-26)20-38/h6-15,17-18,20-21,29,32H,16,19H2,1-5H3,(H,34,35,36)/t29-,32?/m1/s1. The van der Waals surface area contributed by atoms with Crippen molar-refractivity contribution in [1.29, 1.82) is 0 Å². The number of aldehydes is 1. The van der Waals surface area contributed by atoms with Crippen molar-refractivity contribution in [3.05, 3.63) is 101 Å². The molecule has 1 unspecified atom stereocenters. The highest BCUT2D eigenvalue weighted by Gasteiger charge is 2.35. The number of hydrogen-bond acceptors (Lipinski definition) is 7. The summed E-state index contributed by atoms with van der Waals surface area (Å²) in [4.78, 5) is 22.7. The van der Waals surface area contributed by atoms with Gasteiger partial charge >= 0.3 is 0 Å². The summed E-state index contributed by atoms with van der Waals surface area (Å²) in [6.45, 7) is 9.19. The van der Waals surface area contributed by atoms with Gasteiger partial charge in [0.05, 0.1) is 16.6 Å². The minimum Gasteiger partial charge on any atom is -0.468 e. The van der Waals surface area contributed by atoms with E-state index in [-0.39, 0.29) is 34.4 Å². The maximum Gasteiger partial charge on any atom is 0.264 e. The van der Waals surface area contributed by atoms with Crippen LogP contribution in [0.5, 0.6) is 5.88 Å². The molecule has 0 bridgehead atoms. The molecule has 1 aromatic heterocycles. The Balaban J connectivity index is 1.61. The second kappa shape index (κ2) is 12.0. The first-order chi connectivity index (χ1) is 20.1. The number of fused-ring (bicyclic) bond motifs is 1. The maximum absolute atomic E-state index is 13.4. The van der Waals surface area contributed by atoms with Gasteiger partial charge in [-0.1, -0.05) is 68.4 Å². The van der Waals surface area contributed by atoms with Crippen LogP contribution >= 0.6 is 0 Å². The Hall–Kier alpha value is -4.08. The molecule has 0 saturated carbocycles. The lowest BCUT2D eigenvalue weighted by atomic mass is 9.87. The molecule has 2 heterocycles. The fraction of sp³-hybridized carbons (Fsp3) is 0.303. The molecule has 8 nitrogen and oxygen atoms in total. The van der Waals surface area contributed by atoms with E-state index in [0.29, 0.717) is 17.9 Å². The molecule has 0 amide bonds. The molecular formula is C33H36N4O4S. The number of hydrogen-bond donors (Lipinski definition) is 1. The molecule has 1 aliphatic rings. The fourth-order valence-corrected chi connectivity index (χ4v) is 6.65. The number of carbonyl (C=O) groups excluding carboxylic acids is 1. The Morgan fingerprint density at radius 2 is 1.71 bits per heavy atom. The zero-order chi connectivity index (χ0) is 30.0. The number of ether oxygens (including phenoxy) is 1. The van der Waals surface area contributed by atoms with Gasteiger partial charge < -0.3 is 4.74 Å². The summed E-state index contributed by atoms with van der Waals surface area (Å²) in [6.07, 6.45) is 1.20. The number of nitrogens with one attached hydrogen (secondary N) is 1. The van der Waals surface area contributed by atoms with E-state index in [1.165, 1.54) is 23.8 Å². The fourth-order valence-electron chi connectivity index (χ4n) is 5.65. The minimum atomic E-state index is -4.10. The lowest BCUT2D eigenvalue weighted by Gasteiger charge is -2.41. The molecule has 2 atom stereocenters. The van der Waals surface area contributed by atoms with Crippen LogP contribution in [-0.2, 0) is 16.6 Å². The van der Waals surface area contributed by atoms with E-state index in [9.17, 15) is 13.2 Å². The summed E-state index contributed by atoms with van der Waals surface area (Å²) < 4.78 is 36.0. The number of likely N-dealkylation sites (N-methyl/N-ethyl adjacent to an activating group) is 1. The predicted molar refractivity (Wildman–Crippen MR) is 164 cm³/mol. The molecule has 0 spiro atoms. The molecule has 42 heavy (non-hydrogen) atoms. The van der Waals surface area contributed by atoms with Crippen molar-refractivity contribution in [1.82, 2.24) is 14.9 Å². The molecule has 0 aliphatic carbocycles. The number of benzene rings is 3. The predicted octanol–water partition coefficient (Wildman–Crippen LogP) is 6.35. The molecule has 218 valence electrons. The van der Waals surface area contributed by atoms with Crippen molar-refractivity contribution < 1.29 is 17.9 Å². The van der Waals surface area contributed by atoms with Crippen molar-refractivity contribution in [3.8, 4) is 17.1 Å². The van der Waals surface area contributed by atoms with E-state index in [1.807, 2.05) is 44.2 Å². The number of aryl methyl sites for hydroxylation is 2. The number of rotatable bonds is 9. The highest BCUT2D eigenvalue weighted by Crippen LogP contribution is 2.38. The van der Waals surface area contributed by atoms with Gasteiger partial charge in [-0.15, -0.1) is 0 Å². The van der Waals surface area contributed by atoms with Crippen molar-refractivity contribution >= 4 is 22.3 Å². The zero-order valence-corrected chi connectivity index (χ0v) is 25.4. The summed E-state index contributed by atoms with van der Waals surface area (Å²) in [5, 5.41) is 0. The van der Waals surface area contributed by atoms with Crippen LogP contribution in [0.15, 0.2) is 77.7 Å². The number of sulfonamides is 1. The number of aromatic nitrogens is 2. The summed E-state index contributed by atoms with van der Waals surface area (Å²) in [6, 6.07) is 21.9. The molecule has 0 radical (unpaired) electrons. The van der Waals surface area contributed by atoms with Crippen LogP contribution in [0.25, 0.3) is 11.3 Å². The lowest BCUT2D eigenvalue weighted by Crippen LogP contribution is -2.43. The Kier molecular flexibility index (Phi) is 8.43. The van der Waals surface area contributed by atoms with E-state index < -0.39 is 10.0 Å². The molecule has 1 N–H and O–H groups in total. The van der Waals surface area contributed by atoms with Gasteiger partial charge in [-0.25, -0.2) is 18.1 Å². The highest BCUT2D eigenvalue weighted by molar-refractivity contribution is 7.92. The van der Waals surface area contributed by atoms with Gasteiger partial charge in [-0.3, -0.25) is 9.69 Å². The van der Waals surface area contributed by atoms with Gasteiger partial charge in [-0.2, -0.15) is 4.98 Å². The topological polar surface area (TPSA) is 101 Å². The summed E-state index contributed by atoms with van der Waals surface area (Å²) in [5.74, 6) is 0.597. The van der Waals surface area contributed by atoms with Crippen molar-refractivity contribution in [2.75, 3.05) is 11.8 Å². The second-order valence-corrected chi connectivity index (χ2v) is 13.0. The molecule has 1 aliphatic heterocycles. The third-order valence-corrected chi connectivity index (χ3v) is 8.95. The summed E-state index contributed by atoms with van der Waals surface area (Å²) in [7, 11) is -1.99. The number of carbonyl (C=O) groups is 1. The van der Waals surface area contributed by atoms with Crippen molar-refractivity contribution in [2.24, 2.45) is 5.92 Å². The number of nitrogens with zero attached hydrogens (tertiary/aromatic N) is 3. The van der Waals surface area contributed by atoms with E-state index in [2.05, 4.69) is 52.6 Å². The van der Waals surface area contributed by atoms with Crippen LogP contribution in [0.3, 0.4) is 0 Å². The second-order valence-electron chi connectivity index (χ2n) is 11.3. The Morgan fingerprint density at radius 1 is 1.00 bits per heavy atom. The van der Waals surface area contributed by atoms with Crippen LogP contribution in [0.2, 0.25) is 0 Å². The van der Waals surface area contributed by atoms with Crippen LogP contribution in [0, 0.1) is 19.8 Å². The van der Waals surface area contributed by atoms with E-state index in [4.69, 9.17) is 4.74 Å². The van der Waals surface area contributed by atoms with Gasteiger partial charge in [0.2, 0.25) is 11.8 Å². The van der Waals surface area contributed by atoms with E-state index in [1.54, 1.807) is 12.1 Å². The maximum atomic E-state index is 13.4. The quantitative estimate of drug-likeness (QED) is 0.229. The molecule has 5 rings (SSSR count). The van der Waals surface area contributed by atoms with Gasteiger partial charge in [0.25, 0.3) is 10.0 Å². The smallest absolute Gasteiger partial charge is 0.264 e. The zero-order valence-electron chi connectivity index (χ0n) is 24.5. The first kappa shape index (κ1) is 29.4. The number of anilines is 1. The molecule has 0 saturated heterocycles. The summed E-state index contributed by atoms with van der Waals surface area (Å²) >= 11 is 0. The highest BCUT2D eigenvalue weighted by atomic mass is 32.2. The molecule has 4 aromatic rings. The van der Waals surface area contributed by atoms with E-state index in [0.717, 1.165) is 35.2 Å². The van der Waals surface area contributed by atoms with Crippen LogP contribution in [-0.4, -0.2) is 42.7 Å². The van der Waals surface area contributed by atoms with Gasteiger partial charge in [0, 0.05) is 23.7 Å². The first-order valence-electron chi connectivity index (χ1n) is 14.0. The Labute approximate surface area is 247 Å². The SMILES string of the molecule is Cc1cccc(C)c1-c1cc(OC2c3ccccc3CN(C)[C@@H]2CC(C)C)nc(NS(=O)(=O)c2cccc(C=O)c2)n1. The molecule has 0 fully saturated rings. The Bertz CT molecular complexity index is 1700. The third kappa shape index (κ3) is 6.22. The first-order valence-corrected chi connectivity index (χ1v) is 15.5. The average molecular weight is 585 g/mol. The van der Waals surface area contributed by atoms with E-state index >= 15 is 0 Å². The van der Waals surface area contributed by atoms with Gasteiger partial charge in [-0.05, 0) is 67.6 Å². The van der Waals surface area contributed by atoms with Gasteiger partial charge in [0.15, 0.2) is 0 Å². The normalized spacial score (nSPS) is 17.1. The molecule has 3 aromatic carbocycles. The molecule has 9 heteroatoms. The van der Waals surface area contributed by atoms with Crippen LogP contribution in [0.4, 0.5) is 5.95 Å². The third-order valence-electron chi connectivity index (χ3n) is 7.63. The Morgan fingerprint density at radius 3 is 2.43 bits per heavy atom. The van der Waals surface area contributed by atoms with Crippen molar-refractivity contribution in [2.45, 2.75) is 57.7 Å². The lowest BCUT2D eigenvalue weighted by molar-refractivity contribution is 0.0461. The largest absolute Gasteiger partial charge is 0.468 e. The summed E-state index contributed by atoms with van der Waals surface area (Å²) in [5.41, 5.74) is 5.95. The van der Waals surface area contributed by atoms with Crippen LogP contribution < -0.4 is 9.46 Å². The average Bonchev–Trinajstić information content (AvgIpc) is 2.94. The van der Waals surface area contributed by atoms with Gasteiger partial charge in [0.1, 0.15) is 12.4 Å². The molecular weight excluding hydrogens is 548 g/mol.